The maximum atomic E-state index is 11.7. The summed E-state index contributed by atoms with van der Waals surface area (Å²) in [6, 6.07) is -0.0361. The Balaban J connectivity index is 2.40. The second-order valence-electron chi connectivity index (χ2n) is 5.88. The van der Waals surface area contributed by atoms with Crippen LogP contribution in [0, 0.1) is 11.3 Å². The zero-order valence-corrected chi connectivity index (χ0v) is 10.3. The maximum Gasteiger partial charge on any atom is 0.237 e. The molecule has 0 aromatic rings. The van der Waals surface area contributed by atoms with E-state index >= 15 is 0 Å². The molecule has 1 amide bonds. The van der Waals surface area contributed by atoms with Crippen LogP contribution in [0.25, 0.3) is 0 Å². The molecule has 1 rings (SSSR count). The zero-order chi connectivity index (χ0) is 11.6. The summed E-state index contributed by atoms with van der Waals surface area (Å²) in [5.41, 5.74) is 6.17. The number of hydrogen-bond acceptors (Lipinski definition) is 2. The van der Waals surface area contributed by atoms with Crippen molar-refractivity contribution in [1.82, 2.24) is 5.32 Å². The van der Waals surface area contributed by atoms with Gasteiger partial charge < -0.3 is 11.1 Å². The lowest BCUT2D eigenvalue weighted by Gasteiger charge is -2.21. The summed E-state index contributed by atoms with van der Waals surface area (Å²) in [7, 11) is 0. The zero-order valence-electron chi connectivity index (χ0n) is 10.3. The highest BCUT2D eigenvalue weighted by Crippen LogP contribution is 2.36. The minimum Gasteiger partial charge on any atom is -0.352 e. The van der Waals surface area contributed by atoms with Gasteiger partial charge in [0.25, 0.3) is 0 Å². The quantitative estimate of drug-likeness (QED) is 0.747. The Morgan fingerprint density at radius 2 is 2.07 bits per heavy atom. The van der Waals surface area contributed by atoms with E-state index in [0.717, 1.165) is 12.8 Å². The van der Waals surface area contributed by atoms with Gasteiger partial charge in [-0.3, -0.25) is 4.79 Å². The van der Waals surface area contributed by atoms with Crippen LogP contribution < -0.4 is 11.1 Å². The van der Waals surface area contributed by atoms with Crippen LogP contribution >= 0.6 is 0 Å². The standard InChI is InChI=1S/C12H24N2O/c1-8(2)10(13)11(15)14-9-5-6-12(3,4)7-9/h8-10H,5-7,13H2,1-4H3,(H,14,15)/t9?,10-/m1/s1. The summed E-state index contributed by atoms with van der Waals surface area (Å²) in [6.45, 7) is 8.45. The molecule has 0 heterocycles. The third kappa shape index (κ3) is 3.49. The van der Waals surface area contributed by atoms with Crippen LogP contribution in [0.3, 0.4) is 0 Å². The number of amides is 1. The molecule has 1 unspecified atom stereocenters. The highest BCUT2D eigenvalue weighted by molar-refractivity contribution is 5.82. The van der Waals surface area contributed by atoms with E-state index in [-0.39, 0.29) is 17.9 Å². The van der Waals surface area contributed by atoms with E-state index in [2.05, 4.69) is 19.2 Å². The second kappa shape index (κ2) is 4.52. The first-order valence-electron chi connectivity index (χ1n) is 5.88. The molecule has 0 bridgehead atoms. The summed E-state index contributed by atoms with van der Waals surface area (Å²) in [5.74, 6) is 0.215. The first kappa shape index (κ1) is 12.5. The summed E-state index contributed by atoms with van der Waals surface area (Å²) in [6.07, 6.45) is 3.35. The predicted molar refractivity (Wildman–Crippen MR) is 62.4 cm³/mol. The topological polar surface area (TPSA) is 55.1 Å². The minimum absolute atomic E-state index is 0.00713. The Morgan fingerprint density at radius 1 is 1.47 bits per heavy atom. The Morgan fingerprint density at radius 3 is 2.47 bits per heavy atom. The fourth-order valence-corrected chi connectivity index (χ4v) is 2.16. The molecule has 0 spiro atoms. The van der Waals surface area contributed by atoms with Crippen LogP contribution in [0.15, 0.2) is 0 Å². The van der Waals surface area contributed by atoms with Gasteiger partial charge in [0, 0.05) is 6.04 Å². The van der Waals surface area contributed by atoms with Crippen molar-refractivity contribution in [2.45, 2.75) is 59.0 Å². The Hall–Kier alpha value is -0.570. The van der Waals surface area contributed by atoms with E-state index in [1.807, 2.05) is 13.8 Å². The van der Waals surface area contributed by atoms with Gasteiger partial charge in [-0.2, -0.15) is 0 Å². The number of nitrogens with one attached hydrogen (secondary N) is 1. The Bertz CT molecular complexity index is 236. The molecule has 0 aliphatic heterocycles. The molecule has 15 heavy (non-hydrogen) atoms. The first-order valence-corrected chi connectivity index (χ1v) is 5.88. The summed E-state index contributed by atoms with van der Waals surface area (Å²) in [5, 5.41) is 3.05. The van der Waals surface area contributed by atoms with E-state index in [9.17, 15) is 4.79 Å². The normalized spacial score (nSPS) is 26.7. The van der Waals surface area contributed by atoms with Crippen molar-refractivity contribution in [2.24, 2.45) is 17.1 Å². The van der Waals surface area contributed by atoms with E-state index in [1.165, 1.54) is 6.42 Å². The fourth-order valence-electron chi connectivity index (χ4n) is 2.16. The number of carbonyl (C=O) groups excluding carboxylic acids is 1. The van der Waals surface area contributed by atoms with Gasteiger partial charge in [-0.15, -0.1) is 0 Å². The van der Waals surface area contributed by atoms with Crippen molar-refractivity contribution >= 4 is 5.91 Å². The molecule has 1 fully saturated rings. The van der Waals surface area contributed by atoms with Crippen LogP contribution in [0.5, 0.6) is 0 Å². The highest BCUT2D eigenvalue weighted by Gasteiger charge is 2.32. The largest absolute Gasteiger partial charge is 0.352 e. The third-order valence-corrected chi connectivity index (χ3v) is 3.34. The third-order valence-electron chi connectivity index (χ3n) is 3.34. The lowest BCUT2D eigenvalue weighted by molar-refractivity contribution is -0.123. The summed E-state index contributed by atoms with van der Waals surface area (Å²) < 4.78 is 0. The van der Waals surface area contributed by atoms with E-state index < -0.39 is 0 Å². The molecular formula is C12H24N2O. The average Bonchev–Trinajstić information content (AvgIpc) is 2.43. The highest BCUT2D eigenvalue weighted by atomic mass is 16.2. The van der Waals surface area contributed by atoms with Gasteiger partial charge in [-0.1, -0.05) is 27.7 Å². The van der Waals surface area contributed by atoms with Crippen LogP contribution in [-0.2, 0) is 4.79 Å². The predicted octanol–water partition coefficient (Wildman–Crippen LogP) is 1.66. The van der Waals surface area contributed by atoms with Crippen molar-refractivity contribution in [2.75, 3.05) is 0 Å². The molecule has 1 aliphatic rings. The molecule has 2 atom stereocenters. The number of rotatable bonds is 3. The molecule has 3 nitrogen and oxygen atoms in total. The molecule has 0 saturated heterocycles. The van der Waals surface area contributed by atoms with Gasteiger partial charge in [0.15, 0.2) is 0 Å². The van der Waals surface area contributed by atoms with Gasteiger partial charge >= 0.3 is 0 Å². The van der Waals surface area contributed by atoms with E-state index in [1.54, 1.807) is 0 Å². The smallest absolute Gasteiger partial charge is 0.237 e. The summed E-state index contributed by atoms with van der Waals surface area (Å²) >= 11 is 0. The van der Waals surface area contributed by atoms with E-state index in [4.69, 9.17) is 5.73 Å². The maximum absolute atomic E-state index is 11.7. The molecule has 88 valence electrons. The average molecular weight is 212 g/mol. The Labute approximate surface area is 92.8 Å². The summed E-state index contributed by atoms with van der Waals surface area (Å²) in [4.78, 5) is 11.7. The van der Waals surface area contributed by atoms with Crippen LogP contribution in [-0.4, -0.2) is 18.0 Å². The van der Waals surface area contributed by atoms with Gasteiger partial charge in [0.1, 0.15) is 0 Å². The monoisotopic (exact) mass is 212 g/mol. The Kier molecular flexibility index (Phi) is 3.77. The lowest BCUT2D eigenvalue weighted by Crippen LogP contribution is -2.47. The molecule has 0 aromatic heterocycles. The minimum atomic E-state index is -0.367. The first-order chi connectivity index (χ1) is 6.82. The molecule has 1 aliphatic carbocycles. The lowest BCUT2D eigenvalue weighted by atomic mass is 9.92. The molecule has 0 radical (unpaired) electrons. The molecular weight excluding hydrogens is 188 g/mol. The van der Waals surface area contributed by atoms with Crippen molar-refractivity contribution in [3.05, 3.63) is 0 Å². The van der Waals surface area contributed by atoms with Crippen LogP contribution in [0.4, 0.5) is 0 Å². The van der Waals surface area contributed by atoms with Crippen molar-refractivity contribution < 1.29 is 4.79 Å². The second-order valence-corrected chi connectivity index (χ2v) is 5.88. The van der Waals surface area contributed by atoms with Gasteiger partial charge in [0.2, 0.25) is 5.91 Å². The molecule has 0 aromatic carbocycles. The van der Waals surface area contributed by atoms with Crippen molar-refractivity contribution in [3.63, 3.8) is 0 Å². The van der Waals surface area contributed by atoms with Crippen molar-refractivity contribution in [3.8, 4) is 0 Å². The molecule has 1 saturated carbocycles. The molecule has 3 N–H and O–H groups in total. The number of hydrogen-bond donors (Lipinski definition) is 2. The van der Waals surface area contributed by atoms with Crippen LogP contribution in [0.1, 0.15) is 47.0 Å². The van der Waals surface area contributed by atoms with Gasteiger partial charge in [-0.05, 0) is 30.6 Å². The SMILES string of the molecule is CC(C)[C@@H](N)C(=O)NC1CCC(C)(C)C1. The van der Waals surface area contributed by atoms with E-state index in [0.29, 0.717) is 11.5 Å². The van der Waals surface area contributed by atoms with Gasteiger partial charge in [-0.25, -0.2) is 0 Å². The fraction of sp³-hybridized carbons (Fsp3) is 0.917. The van der Waals surface area contributed by atoms with Crippen LogP contribution in [0.2, 0.25) is 0 Å². The van der Waals surface area contributed by atoms with Crippen molar-refractivity contribution in [1.29, 1.82) is 0 Å². The van der Waals surface area contributed by atoms with Gasteiger partial charge in [0.05, 0.1) is 6.04 Å². The molecule has 3 heteroatoms. The number of carbonyl (C=O) groups is 1. The number of nitrogens with two attached hydrogens (primary N) is 1.